The monoisotopic (exact) mass is 266 g/mol. The van der Waals surface area contributed by atoms with Gasteiger partial charge in [0, 0.05) is 12.5 Å². The van der Waals surface area contributed by atoms with Gasteiger partial charge >= 0.3 is 0 Å². The molecule has 1 fully saturated rings. The van der Waals surface area contributed by atoms with Gasteiger partial charge in [-0.15, -0.1) is 0 Å². The van der Waals surface area contributed by atoms with E-state index in [1.807, 2.05) is 0 Å². The third-order valence-electron chi connectivity index (χ3n) is 3.28. The Morgan fingerprint density at radius 3 is 2.84 bits per heavy atom. The highest BCUT2D eigenvalue weighted by atomic mass is 19.1. The SMILES string of the molecule is NC(=O)CN1CCCC(COc2ccc(F)cc2)C1. The highest BCUT2D eigenvalue weighted by Gasteiger charge is 2.21. The molecule has 0 spiro atoms. The van der Waals surface area contributed by atoms with Crippen molar-refractivity contribution in [2.24, 2.45) is 11.7 Å². The van der Waals surface area contributed by atoms with E-state index in [1.165, 1.54) is 12.1 Å². The van der Waals surface area contributed by atoms with Crippen molar-refractivity contribution in [1.82, 2.24) is 4.90 Å². The molecule has 2 N–H and O–H groups in total. The number of benzene rings is 1. The zero-order chi connectivity index (χ0) is 13.7. The maximum Gasteiger partial charge on any atom is 0.231 e. The van der Waals surface area contributed by atoms with Crippen LogP contribution in [0.2, 0.25) is 0 Å². The first-order valence-corrected chi connectivity index (χ1v) is 6.52. The summed E-state index contributed by atoms with van der Waals surface area (Å²) in [7, 11) is 0. The molecule has 0 radical (unpaired) electrons. The molecule has 1 atom stereocenters. The fraction of sp³-hybridized carbons (Fsp3) is 0.500. The molecule has 1 unspecified atom stereocenters. The van der Waals surface area contributed by atoms with Gasteiger partial charge in [-0.3, -0.25) is 9.69 Å². The fourth-order valence-corrected chi connectivity index (χ4v) is 2.40. The van der Waals surface area contributed by atoms with Crippen LogP contribution in [0.1, 0.15) is 12.8 Å². The van der Waals surface area contributed by atoms with Crippen molar-refractivity contribution in [2.75, 3.05) is 26.2 Å². The minimum Gasteiger partial charge on any atom is -0.493 e. The first-order chi connectivity index (χ1) is 9.13. The van der Waals surface area contributed by atoms with Crippen molar-refractivity contribution in [3.05, 3.63) is 30.1 Å². The molecule has 1 aliphatic rings. The summed E-state index contributed by atoms with van der Waals surface area (Å²) in [6.45, 7) is 2.63. The lowest BCUT2D eigenvalue weighted by atomic mass is 9.99. The van der Waals surface area contributed by atoms with Crippen molar-refractivity contribution in [3.8, 4) is 5.75 Å². The number of hydrogen-bond acceptors (Lipinski definition) is 3. The number of halogens is 1. The van der Waals surface area contributed by atoms with E-state index in [0.717, 1.165) is 25.9 Å². The van der Waals surface area contributed by atoms with Gasteiger partial charge in [0.15, 0.2) is 0 Å². The molecule has 1 aromatic rings. The van der Waals surface area contributed by atoms with Gasteiger partial charge in [-0.1, -0.05) is 0 Å². The highest BCUT2D eigenvalue weighted by Crippen LogP contribution is 2.18. The first-order valence-electron chi connectivity index (χ1n) is 6.52. The van der Waals surface area contributed by atoms with Gasteiger partial charge in [0.05, 0.1) is 13.2 Å². The average Bonchev–Trinajstić information content (AvgIpc) is 2.38. The quantitative estimate of drug-likeness (QED) is 0.876. The van der Waals surface area contributed by atoms with E-state index >= 15 is 0 Å². The number of primary amides is 1. The van der Waals surface area contributed by atoms with Crippen LogP contribution in [0.25, 0.3) is 0 Å². The molecule has 4 nitrogen and oxygen atoms in total. The standard InChI is InChI=1S/C14H19FN2O2/c15-12-3-5-13(6-4-12)19-10-11-2-1-7-17(8-11)9-14(16)18/h3-6,11H,1-2,7-10H2,(H2,16,18). The second-order valence-corrected chi connectivity index (χ2v) is 4.97. The molecular formula is C14H19FN2O2. The van der Waals surface area contributed by atoms with Gasteiger partial charge in [0.1, 0.15) is 11.6 Å². The van der Waals surface area contributed by atoms with E-state index < -0.39 is 0 Å². The highest BCUT2D eigenvalue weighted by molar-refractivity contribution is 5.75. The van der Waals surface area contributed by atoms with E-state index in [0.29, 0.717) is 24.8 Å². The minimum absolute atomic E-state index is 0.266. The number of nitrogens with zero attached hydrogens (tertiary/aromatic N) is 1. The van der Waals surface area contributed by atoms with Gasteiger partial charge in [-0.25, -0.2) is 4.39 Å². The van der Waals surface area contributed by atoms with E-state index in [2.05, 4.69) is 4.90 Å². The number of amides is 1. The molecule has 104 valence electrons. The Morgan fingerprint density at radius 2 is 2.16 bits per heavy atom. The average molecular weight is 266 g/mol. The third kappa shape index (κ3) is 4.52. The molecule has 1 aliphatic heterocycles. The van der Waals surface area contributed by atoms with Crippen LogP contribution in [-0.4, -0.2) is 37.0 Å². The lowest BCUT2D eigenvalue weighted by molar-refractivity contribution is -0.119. The fourth-order valence-electron chi connectivity index (χ4n) is 2.40. The van der Waals surface area contributed by atoms with Crippen LogP contribution in [-0.2, 0) is 4.79 Å². The molecule has 0 bridgehead atoms. The molecule has 0 aliphatic carbocycles. The zero-order valence-electron chi connectivity index (χ0n) is 10.8. The molecule has 1 amide bonds. The lowest BCUT2D eigenvalue weighted by Gasteiger charge is -2.31. The molecule has 2 rings (SSSR count). The second-order valence-electron chi connectivity index (χ2n) is 4.97. The van der Waals surface area contributed by atoms with Crippen LogP contribution >= 0.6 is 0 Å². The van der Waals surface area contributed by atoms with Crippen LogP contribution in [0, 0.1) is 11.7 Å². The molecule has 0 aromatic heterocycles. The van der Waals surface area contributed by atoms with Crippen LogP contribution in [0.4, 0.5) is 4.39 Å². The summed E-state index contributed by atoms with van der Waals surface area (Å²) in [5, 5.41) is 0. The zero-order valence-corrected chi connectivity index (χ0v) is 10.8. The van der Waals surface area contributed by atoms with E-state index in [1.54, 1.807) is 12.1 Å². The summed E-state index contributed by atoms with van der Waals surface area (Å²) in [6, 6.07) is 6.02. The number of nitrogens with two attached hydrogens (primary N) is 1. The van der Waals surface area contributed by atoms with E-state index in [-0.39, 0.29) is 11.7 Å². The number of likely N-dealkylation sites (tertiary alicyclic amines) is 1. The minimum atomic E-state index is -0.292. The maximum absolute atomic E-state index is 12.7. The lowest BCUT2D eigenvalue weighted by Crippen LogP contribution is -2.42. The van der Waals surface area contributed by atoms with Gasteiger partial charge in [0.25, 0.3) is 0 Å². The molecule has 1 aromatic carbocycles. The summed E-state index contributed by atoms with van der Waals surface area (Å²) in [4.78, 5) is 13.0. The summed E-state index contributed by atoms with van der Waals surface area (Å²) in [6.07, 6.45) is 2.13. The van der Waals surface area contributed by atoms with Gasteiger partial charge in [-0.05, 0) is 43.7 Å². The predicted molar refractivity (Wildman–Crippen MR) is 70.3 cm³/mol. The Balaban J connectivity index is 1.79. The normalized spacial score (nSPS) is 20.2. The number of hydrogen-bond donors (Lipinski definition) is 1. The van der Waals surface area contributed by atoms with Gasteiger partial charge in [-0.2, -0.15) is 0 Å². The third-order valence-corrected chi connectivity index (χ3v) is 3.28. The predicted octanol–water partition coefficient (Wildman–Crippen LogP) is 1.40. The Labute approximate surface area is 112 Å². The summed E-state index contributed by atoms with van der Waals surface area (Å²) in [5.74, 6) is 0.504. The number of rotatable bonds is 5. The summed E-state index contributed by atoms with van der Waals surface area (Å²) in [5.41, 5.74) is 5.20. The first kappa shape index (κ1) is 13.8. The Hall–Kier alpha value is -1.62. The number of piperidine rings is 1. The summed E-state index contributed by atoms with van der Waals surface area (Å²) < 4.78 is 18.4. The smallest absolute Gasteiger partial charge is 0.231 e. The Morgan fingerprint density at radius 1 is 1.42 bits per heavy atom. The second kappa shape index (κ2) is 6.52. The van der Waals surface area contributed by atoms with Crippen LogP contribution < -0.4 is 10.5 Å². The maximum atomic E-state index is 12.7. The number of carbonyl (C=O) groups excluding carboxylic acids is 1. The molecular weight excluding hydrogens is 247 g/mol. The number of ether oxygens (including phenoxy) is 1. The topological polar surface area (TPSA) is 55.6 Å². The van der Waals surface area contributed by atoms with Crippen molar-refractivity contribution in [2.45, 2.75) is 12.8 Å². The van der Waals surface area contributed by atoms with Crippen molar-refractivity contribution in [3.63, 3.8) is 0 Å². The van der Waals surface area contributed by atoms with Crippen LogP contribution in [0.3, 0.4) is 0 Å². The molecule has 1 saturated heterocycles. The van der Waals surface area contributed by atoms with Crippen LogP contribution in [0.5, 0.6) is 5.75 Å². The Bertz CT molecular complexity index is 422. The van der Waals surface area contributed by atoms with Crippen molar-refractivity contribution in [1.29, 1.82) is 0 Å². The van der Waals surface area contributed by atoms with Crippen molar-refractivity contribution >= 4 is 5.91 Å². The van der Waals surface area contributed by atoms with Crippen molar-refractivity contribution < 1.29 is 13.9 Å². The molecule has 5 heteroatoms. The molecule has 19 heavy (non-hydrogen) atoms. The van der Waals surface area contributed by atoms with Gasteiger partial charge in [0.2, 0.25) is 5.91 Å². The molecule has 0 saturated carbocycles. The number of carbonyl (C=O) groups is 1. The van der Waals surface area contributed by atoms with E-state index in [9.17, 15) is 9.18 Å². The summed E-state index contributed by atoms with van der Waals surface area (Å²) >= 11 is 0. The van der Waals surface area contributed by atoms with E-state index in [4.69, 9.17) is 10.5 Å². The van der Waals surface area contributed by atoms with Gasteiger partial charge < -0.3 is 10.5 Å². The largest absolute Gasteiger partial charge is 0.493 e. The molecule has 1 heterocycles. The van der Waals surface area contributed by atoms with Crippen LogP contribution in [0.15, 0.2) is 24.3 Å². The Kier molecular flexibility index (Phi) is 4.74.